The Hall–Kier alpha value is -1.86. The maximum atomic E-state index is 12.5. The molecule has 1 amide bonds. The molecule has 1 unspecified atom stereocenters. The number of aryl methyl sites for hydroxylation is 1. The number of carboxylic acids is 1. The number of nitrogens with zero attached hydrogens (tertiary/aromatic N) is 3. The monoisotopic (exact) mass is 413 g/mol. The number of hydrogen-bond acceptors (Lipinski definition) is 3. The summed E-state index contributed by atoms with van der Waals surface area (Å²) in [5.74, 6) is -1.54. The molecule has 0 saturated carbocycles. The SMILES string of the molecule is Cc1cc(C(=O)N2CCC(C(=O)O)C2)nn1-c1ccc(Br)cc1.Cl. The van der Waals surface area contributed by atoms with Gasteiger partial charge in [-0.25, -0.2) is 4.68 Å². The lowest BCUT2D eigenvalue weighted by molar-refractivity contribution is -0.141. The van der Waals surface area contributed by atoms with E-state index in [2.05, 4.69) is 21.0 Å². The van der Waals surface area contributed by atoms with Crippen LogP contribution in [0.4, 0.5) is 0 Å². The van der Waals surface area contributed by atoms with Gasteiger partial charge < -0.3 is 10.0 Å². The molecular formula is C16H17BrClN3O3. The number of amides is 1. The molecule has 0 bridgehead atoms. The summed E-state index contributed by atoms with van der Waals surface area (Å²) in [6, 6.07) is 9.38. The third kappa shape index (κ3) is 3.62. The summed E-state index contributed by atoms with van der Waals surface area (Å²) in [7, 11) is 0. The van der Waals surface area contributed by atoms with Gasteiger partial charge in [0.05, 0.1) is 11.6 Å². The molecule has 0 radical (unpaired) electrons. The van der Waals surface area contributed by atoms with Crippen molar-refractivity contribution in [2.75, 3.05) is 13.1 Å². The Balaban J connectivity index is 0.00000208. The number of hydrogen-bond donors (Lipinski definition) is 1. The Morgan fingerprint density at radius 2 is 1.96 bits per heavy atom. The summed E-state index contributed by atoms with van der Waals surface area (Å²) in [6.45, 7) is 2.59. The number of rotatable bonds is 3. The van der Waals surface area contributed by atoms with Crippen molar-refractivity contribution in [1.82, 2.24) is 14.7 Å². The van der Waals surface area contributed by atoms with Gasteiger partial charge in [-0.05, 0) is 43.7 Å². The second-order valence-electron chi connectivity index (χ2n) is 5.63. The molecule has 1 aliphatic rings. The molecule has 1 aromatic carbocycles. The summed E-state index contributed by atoms with van der Waals surface area (Å²) in [6.07, 6.45) is 0.494. The van der Waals surface area contributed by atoms with Crippen molar-refractivity contribution < 1.29 is 14.7 Å². The molecule has 1 aliphatic heterocycles. The van der Waals surface area contributed by atoms with Gasteiger partial charge in [0.15, 0.2) is 5.69 Å². The van der Waals surface area contributed by atoms with Crippen molar-refractivity contribution in [3.63, 3.8) is 0 Å². The molecule has 1 saturated heterocycles. The molecule has 24 heavy (non-hydrogen) atoms. The first-order chi connectivity index (χ1) is 11.0. The van der Waals surface area contributed by atoms with Crippen LogP contribution in [0.5, 0.6) is 0 Å². The van der Waals surface area contributed by atoms with Crippen LogP contribution in [0.3, 0.4) is 0 Å². The Morgan fingerprint density at radius 3 is 2.54 bits per heavy atom. The number of carboxylic acid groups (broad SMARTS) is 1. The number of carbonyl (C=O) groups excluding carboxylic acids is 1. The van der Waals surface area contributed by atoms with Crippen LogP contribution >= 0.6 is 28.3 Å². The predicted octanol–water partition coefficient (Wildman–Crippen LogP) is 2.91. The Kier molecular flexibility index (Phi) is 5.66. The maximum Gasteiger partial charge on any atom is 0.308 e. The highest BCUT2D eigenvalue weighted by molar-refractivity contribution is 9.10. The summed E-state index contributed by atoms with van der Waals surface area (Å²) in [4.78, 5) is 25.1. The lowest BCUT2D eigenvalue weighted by Gasteiger charge is -2.13. The van der Waals surface area contributed by atoms with E-state index in [1.807, 2.05) is 31.2 Å². The van der Waals surface area contributed by atoms with Crippen LogP contribution in [0.15, 0.2) is 34.8 Å². The molecule has 8 heteroatoms. The van der Waals surface area contributed by atoms with Gasteiger partial charge in [0.2, 0.25) is 0 Å². The molecule has 6 nitrogen and oxygen atoms in total. The van der Waals surface area contributed by atoms with Gasteiger partial charge in [-0.15, -0.1) is 12.4 Å². The van der Waals surface area contributed by atoms with Crippen LogP contribution in [0.25, 0.3) is 5.69 Å². The third-order valence-electron chi connectivity index (χ3n) is 4.00. The van der Waals surface area contributed by atoms with Gasteiger partial charge >= 0.3 is 5.97 Å². The zero-order valence-corrected chi connectivity index (χ0v) is 15.4. The van der Waals surface area contributed by atoms with Crippen molar-refractivity contribution in [3.8, 4) is 5.69 Å². The van der Waals surface area contributed by atoms with Crippen LogP contribution < -0.4 is 0 Å². The fourth-order valence-corrected chi connectivity index (χ4v) is 3.00. The highest BCUT2D eigenvalue weighted by Crippen LogP contribution is 2.20. The lowest BCUT2D eigenvalue weighted by Crippen LogP contribution is -2.30. The number of likely N-dealkylation sites (tertiary alicyclic amines) is 1. The van der Waals surface area contributed by atoms with E-state index in [0.29, 0.717) is 18.7 Å². The minimum atomic E-state index is -0.850. The first-order valence-corrected chi connectivity index (χ1v) is 8.09. The van der Waals surface area contributed by atoms with Crippen molar-refractivity contribution in [1.29, 1.82) is 0 Å². The average molecular weight is 415 g/mol. The van der Waals surface area contributed by atoms with Crippen LogP contribution in [0.2, 0.25) is 0 Å². The minimum absolute atomic E-state index is 0. The molecule has 2 aromatic rings. The van der Waals surface area contributed by atoms with Gasteiger partial charge in [-0.1, -0.05) is 15.9 Å². The van der Waals surface area contributed by atoms with E-state index in [-0.39, 0.29) is 24.9 Å². The van der Waals surface area contributed by atoms with Crippen molar-refractivity contribution in [2.24, 2.45) is 5.92 Å². The van der Waals surface area contributed by atoms with Gasteiger partial charge in [0, 0.05) is 23.3 Å². The van der Waals surface area contributed by atoms with E-state index >= 15 is 0 Å². The lowest BCUT2D eigenvalue weighted by atomic mass is 10.1. The van der Waals surface area contributed by atoms with Gasteiger partial charge in [0.25, 0.3) is 5.91 Å². The fraction of sp³-hybridized carbons (Fsp3) is 0.312. The van der Waals surface area contributed by atoms with Crippen LogP contribution in [0.1, 0.15) is 22.6 Å². The highest BCUT2D eigenvalue weighted by atomic mass is 79.9. The number of carbonyl (C=O) groups is 2. The topological polar surface area (TPSA) is 75.4 Å². The second kappa shape index (κ2) is 7.36. The largest absolute Gasteiger partial charge is 0.481 e. The molecule has 1 atom stereocenters. The van der Waals surface area contributed by atoms with Gasteiger partial charge in [-0.3, -0.25) is 9.59 Å². The quantitative estimate of drug-likeness (QED) is 0.838. The molecular weight excluding hydrogens is 398 g/mol. The summed E-state index contributed by atoms with van der Waals surface area (Å²) in [5.41, 5.74) is 2.07. The van der Waals surface area contributed by atoms with E-state index in [1.165, 1.54) is 0 Å². The molecule has 2 heterocycles. The molecule has 0 aliphatic carbocycles. The standard InChI is InChI=1S/C16H16BrN3O3.ClH/c1-10-8-14(15(21)19-7-6-11(9-19)16(22)23)18-20(10)13-4-2-12(17)3-5-13;/h2-5,8,11H,6-7,9H2,1H3,(H,22,23);1H. The first kappa shape index (κ1) is 18.5. The van der Waals surface area contributed by atoms with Crippen LogP contribution in [-0.4, -0.2) is 44.8 Å². The maximum absolute atomic E-state index is 12.5. The van der Waals surface area contributed by atoms with Crippen LogP contribution in [-0.2, 0) is 4.79 Å². The highest BCUT2D eigenvalue weighted by Gasteiger charge is 2.32. The normalized spacial score (nSPS) is 16.8. The predicted molar refractivity (Wildman–Crippen MR) is 94.9 cm³/mol. The van der Waals surface area contributed by atoms with Crippen molar-refractivity contribution in [2.45, 2.75) is 13.3 Å². The van der Waals surface area contributed by atoms with Gasteiger partial charge in [-0.2, -0.15) is 5.10 Å². The zero-order chi connectivity index (χ0) is 16.6. The first-order valence-electron chi connectivity index (χ1n) is 7.30. The molecule has 1 N–H and O–H groups in total. The summed E-state index contributed by atoms with van der Waals surface area (Å²) >= 11 is 3.39. The molecule has 128 valence electrons. The third-order valence-corrected chi connectivity index (χ3v) is 4.53. The van der Waals surface area contributed by atoms with Gasteiger partial charge in [0.1, 0.15) is 0 Å². The fourth-order valence-electron chi connectivity index (χ4n) is 2.73. The zero-order valence-electron chi connectivity index (χ0n) is 13.0. The summed E-state index contributed by atoms with van der Waals surface area (Å²) < 4.78 is 2.68. The number of aromatic nitrogens is 2. The Morgan fingerprint density at radius 1 is 1.29 bits per heavy atom. The van der Waals surface area contributed by atoms with E-state index in [9.17, 15) is 9.59 Å². The number of benzene rings is 1. The smallest absolute Gasteiger partial charge is 0.308 e. The van der Waals surface area contributed by atoms with E-state index in [1.54, 1.807) is 15.6 Å². The molecule has 3 rings (SSSR count). The van der Waals surface area contributed by atoms with E-state index in [0.717, 1.165) is 15.9 Å². The second-order valence-corrected chi connectivity index (χ2v) is 6.55. The van der Waals surface area contributed by atoms with Crippen molar-refractivity contribution >= 4 is 40.2 Å². The summed E-state index contributed by atoms with van der Waals surface area (Å²) in [5, 5.41) is 13.4. The van der Waals surface area contributed by atoms with E-state index < -0.39 is 11.9 Å². The Bertz CT molecular complexity index is 760. The van der Waals surface area contributed by atoms with Crippen LogP contribution in [0, 0.1) is 12.8 Å². The number of halogens is 2. The number of aliphatic carboxylic acids is 1. The minimum Gasteiger partial charge on any atom is -0.481 e. The Labute approximate surface area is 154 Å². The molecule has 1 fully saturated rings. The molecule has 1 aromatic heterocycles. The van der Waals surface area contributed by atoms with Crippen molar-refractivity contribution in [3.05, 3.63) is 46.2 Å². The average Bonchev–Trinajstić information content (AvgIpc) is 3.14. The molecule has 0 spiro atoms. The van der Waals surface area contributed by atoms with E-state index in [4.69, 9.17) is 5.11 Å².